The van der Waals surface area contributed by atoms with Gasteiger partial charge in [-0.2, -0.15) is 12.6 Å². The van der Waals surface area contributed by atoms with Crippen molar-refractivity contribution in [2.75, 3.05) is 25.4 Å². The Balaban J connectivity index is 1.83. The Morgan fingerprint density at radius 3 is 2.67 bits per heavy atom. The molecule has 1 saturated carbocycles. The second kappa shape index (κ2) is 5.40. The van der Waals surface area contributed by atoms with Crippen LogP contribution in [0.2, 0.25) is 0 Å². The zero-order valence-electron chi connectivity index (χ0n) is 9.62. The maximum Gasteiger partial charge on any atom is 0.0198 e. The first kappa shape index (κ1) is 11.5. The molecule has 0 spiro atoms. The molecule has 0 aromatic rings. The van der Waals surface area contributed by atoms with Crippen molar-refractivity contribution < 1.29 is 0 Å². The molecule has 1 aliphatic carbocycles. The first-order chi connectivity index (χ1) is 7.29. The molecule has 0 N–H and O–H groups in total. The molecule has 15 heavy (non-hydrogen) atoms. The lowest BCUT2D eigenvalue weighted by atomic mass is 9.75. The molecule has 1 aliphatic heterocycles. The summed E-state index contributed by atoms with van der Waals surface area (Å²) in [4.78, 5) is 2.59. The van der Waals surface area contributed by atoms with Gasteiger partial charge in [-0.3, -0.25) is 4.90 Å². The summed E-state index contributed by atoms with van der Waals surface area (Å²) in [6, 6.07) is 0. The van der Waals surface area contributed by atoms with Gasteiger partial charge in [0, 0.05) is 18.8 Å². The normalized spacial score (nSPS) is 32.3. The van der Waals surface area contributed by atoms with Crippen molar-refractivity contribution in [3.8, 4) is 0 Å². The van der Waals surface area contributed by atoms with Gasteiger partial charge in [0.1, 0.15) is 0 Å². The second-order valence-electron chi connectivity index (χ2n) is 5.24. The topological polar surface area (TPSA) is 3.24 Å². The summed E-state index contributed by atoms with van der Waals surface area (Å²) in [5.74, 6) is 2.87. The minimum atomic E-state index is 0.838. The molecule has 0 radical (unpaired) electrons. The van der Waals surface area contributed by atoms with E-state index in [0.717, 1.165) is 24.1 Å². The first-order valence-corrected chi connectivity index (χ1v) is 6.92. The largest absolute Gasteiger partial charge is 0.299 e. The van der Waals surface area contributed by atoms with E-state index in [-0.39, 0.29) is 0 Å². The highest BCUT2D eigenvalue weighted by molar-refractivity contribution is 7.80. The lowest BCUT2D eigenvalue weighted by Gasteiger charge is -2.41. The Labute approximate surface area is 99.3 Å². The van der Waals surface area contributed by atoms with E-state index < -0.39 is 0 Å². The fraction of sp³-hybridized carbons (Fsp3) is 0.846. The second-order valence-corrected chi connectivity index (χ2v) is 5.55. The highest BCUT2D eigenvalue weighted by atomic mass is 32.1. The summed E-state index contributed by atoms with van der Waals surface area (Å²) < 4.78 is 0. The number of likely N-dealkylation sites (tertiary alicyclic amines) is 1. The Morgan fingerprint density at radius 1 is 1.20 bits per heavy atom. The third-order valence-corrected chi connectivity index (χ3v) is 4.49. The molecule has 1 saturated heterocycles. The number of nitrogens with zero attached hydrogens (tertiary/aromatic N) is 1. The molecular formula is C13H23NS. The molecule has 2 aliphatic rings. The average Bonchev–Trinajstić information content (AvgIpc) is 2.29. The summed E-state index contributed by atoms with van der Waals surface area (Å²) >= 11 is 4.28. The van der Waals surface area contributed by atoms with E-state index in [1.807, 2.05) is 0 Å². The third kappa shape index (κ3) is 3.01. The van der Waals surface area contributed by atoms with Gasteiger partial charge >= 0.3 is 0 Å². The van der Waals surface area contributed by atoms with Gasteiger partial charge in [-0.25, -0.2) is 0 Å². The predicted molar refractivity (Wildman–Crippen MR) is 69.5 cm³/mol. The summed E-state index contributed by atoms with van der Waals surface area (Å²) in [7, 11) is 0. The van der Waals surface area contributed by atoms with Crippen molar-refractivity contribution in [1.29, 1.82) is 0 Å². The van der Waals surface area contributed by atoms with Crippen LogP contribution in [-0.2, 0) is 0 Å². The highest BCUT2D eigenvalue weighted by Gasteiger charge is 2.30. The minimum absolute atomic E-state index is 0.838. The molecule has 0 amide bonds. The molecular weight excluding hydrogens is 202 g/mol. The Morgan fingerprint density at radius 2 is 1.93 bits per heavy atom. The summed E-state index contributed by atoms with van der Waals surface area (Å²) in [5, 5.41) is 0. The van der Waals surface area contributed by atoms with Gasteiger partial charge in [0.15, 0.2) is 0 Å². The van der Waals surface area contributed by atoms with Crippen molar-refractivity contribution in [1.82, 2.24) is 4.90 Å². The van der Waals surface area contributed by atoms with E-state index in [1.54, 1.807) is 0 Å². The van der Waals surface area contributed by atoms with Crippen molar-refractivity contribution in [2.24, 2.45) is 11.8 Å². The Hall–Kier alpha value is 0.0500. The van der Waals surface area contributed by atoms with Gasteiger partial charge < -0.3 is 0 Å². The van der Waals surface area contributed by atoms with Crippen LogP contribution in [-0.4, -0.2) is 30.3 Å². The lowest BCUT2D eigenvalue weighted by molar-refractivity contribution is 0.0936. The zero-order chi connectivity index (χ0) is 10.7. The van der Waals surface area contributed by atoms with E-state index in [4.69, 9.17) is 0 Å². The van der Waals surface area contributed by atoms with E-state index in [0.29, 0.717) is 0 Å². The van der Waals surface area contributed by atoms with Crippen molar-refractivity contribution >= 4 is 12.6 Å². The van der Waals surface area contributed by atoms with E-state index >= 15 is 0 Å². The van der Waals surface area contributed by atoms with Gasteiger partial charge in [-0.1, -0.05) is 31.4 Å². The highest BCUT2D eigenvalue weighted by Crippen LogP contribution is 2.36. The molecule has 2 atom stereocenters. The molecule has 2 fully saturated rings. The average molecular weight is 225 g/mol. The van der Waals surface area contributed by atoms with Crippen LogP contribution in [0.3, 0.4) is 0 Å². The molecule has 1 heterocycles. The fourth-order valence-corrected chi connectivity index (χ4v) is 3.29. The van der Waals surface area contributed by atoms with Gasteiger partial charge in [0.05, 0.1) is 0 Å². The summed E-state index contributed by atoms with van der Waals surface area (Å²) in [6.45, 7) is 7.73. The van der Waals surface area contributed by atoms with Crippen LogP contribution in [0.5, 0.6) is 0 Å². The summed E-state index contributed by atoms with van der Waals surface area (Å²) in [5.41, 5.74) is 1.27. The smallest absolute Gasteiger partial charge is 0.0198 e. The monoisotopic (exact) mass is 225 g/mol. The van der Waals surface area contributed by atoms with Crippen LogP contribution in [0.15, 0.2) is 12.2 Å². The third-order valence-electron chi connectivity index (χ3n) is 4.05. The minimum Gasteiger partial charge on any atom is -0.299 e. The van der Waals surface area contributed by atoms with E-state index in [9.17, 15) is 0 Å². The molecule has 86 valence electrons. The predicted octanol–water partition coefficient (Wildman–Crippen LogP) is 2.98. The molecule has 0 aromatic carbocycles. The molecule has 1 nitrogen and oxygen atoms in total. The quantitative estimate of drug-likeness (QED) is 0.571. The van der Waals surface area contributed by atoms with Crippen LogP contribution in [0, 0.1) is 11.8 Å². The fourth-order valence-electron chi connectivity index (χ4n) is 3.19. The molecule has 0 aromatic heterocycles. The SMILES string of the molecule is C=C(CS)CN1CCC2CCCCC2C1. The molecule has 0 bridgehead atoms. The number of rotatable bonds is 3. The maximum absolute atomic E-state index is 4.28. The standard InChI is InChI=1S/C13H23NS/c1-11(10-15)8-14-7-6-12-4-2-3-5-13(12)9-14/h12-13,15H,1-10H2. The van der Waals surface area contributed by atoms with Crippen LogP contribution >= 0.6 is 12.6 Å². The number of hydrogen-bond donors (Lipinski definition) is 1. The molecule has 2 heteroatoms. The van der Waals surface area contributed by atoms with Crippen LogP contribution < -0.4 is 0 Å². The lowest BCUT2D eigenvalue weighted by Crippen LogP contribution is -2.42. The van der Waals surface area contributed by atoms with Crippen molar-refractivity contribution in [3.63, 3.8) is 0 Å². The van der Waals surface area contributed by atoms with E-state index in [2.05, 4.69) is 24.1 Å². The van der Waals surface area contributed by atoms with Crippen molar-refractivity contribution in [2.45, 2.75) is 32.1 Å². The van der Waals surface area contributed by atoms with E-state index in [1.165, 1.54) is 50.8 Å². The number of piperidine rings is 1. The van der Waals surface area contributed by atoms with Gasteiger partial charge in [0.2, 0.25) is 0 Å². The number of thiol groups is 1. The Bertz CT molecular complexity index is 227. The zero-order valence-corrected chi connectivity index (χ0v) is 10.5. The van der Waals surface area contributed by atoms with Gasteiger partial charge in [-0.05, 0) is 31.2 Å². The number of fused-ring (bicyclic) bond motifs is 1. The molecule has 2 unspecified atom stereocenters. The maximum atomic E-state index is 4.28. The van der Waals surface area contributed by atoms with Crippen molar-refractivity contribution in [3.05, 3.63) is 12.2 Å². The molecule has 2 rings (SSSR count). The first-order valence-electron chi connectivity index (χ1n) is 6.29. The summed E-state index contributed by atoms with van der Waals surface area (Å²) in [6.07, 6.45) is 7.32. The van der Waals surface area contributed by atoms with Gasteiger partial charge in [0.25, 0.3) is 0 Å². The van der Waals surface area contributed by atoms with Crippen LogP contribution in [0.4, 0.5) is 0 Å². The van der Waals surface area contributed by atoms with Gasteiger partial charge in [-0.15, -0.1) is 0 Å². The Kier molecular flexibility index (Phi) is 4.15. The van der Waals surface area contributed by atoms with Crippen LogP contribution in [0.25, 0.3) is 0 Å². The number of hydrogen-bond acceptors (Lipinski definition) is 2. The van der Waals surface area contributed by atoms with Crippen LogP contribution in [0.1, 0.15) is 32.1 Å².